The fourth-order valence-electron chi connectivity index (χ4n) is 6.40. The van der Waals surface area contributed by atoms with Gasteiger partial charge in [-0.15, -0.1) is 0 Å². The van der Waals surface area contributed by atoms with Crippen molar-refractivity contribution in [2.45, 2.75) is 205 Å². The third-order valence-electron chi connectivity index (χ3n) is 10.1. The number of hydrogen-bond acceptors (Lipinski definition) is 10. The maximum absolute atomic E-state index is 12.8. The van der Waals surface area contributed by atoms with Gasteiger partial charge in [-0.3, -0.25) is 9.59 Å². The van der Waals surface area contributed by atoms with Crippen molar-refractivity contribution in [3.63, 3.8) is 0 Å². The van der Waals surface area contributed by atoms with Gasteiger partial charge in [-0.2, -0.15) is 0 Å². The molecule has 1 fully saturated rings. The highest BCUT2D eigenvalue weighted by Gasteiger charge is 2.44. The van der Waals surface area contributed by atoms with Gasteiger partial charge in [-0.1, -0.05) is 145 Å². The van der Waals surface area contributed by atoms with Crippen LogP contribution in [-0.4, -0.2) is 89.0 Å². The fraction of sp³-hybridized carbons (Fsp3) is 0.714. The molecule has 0 aromatic rings. The molecule has 1 saturated heterocycles. The van der Waals surface area contributed by atoms with Gasteiger partial charge in [0.1, 0.15) is 31.0 Å². The maximum atomic E-state index is 12.8. The van der Waals surface area contributed by atoms with Crippen LogP contribution >= 0.6 is 0 Å². The third-order valence-corrected chi connectivity index (χ3v) is 10.1. The molecule has 0 radical (unpaired) electrons. The van der Waals surface area contributed by atoms with E-state index in [4.69, 9.17) is 18.9 Å². The molecule has 1 heterocycles. The Hall–Kier alpha value is -2.86. The summed E-state index contributed by atoms with van der Waals surface area (Å²) < 4.78 is 22.1. The van der Waals surface area contributed by atoms with Gasteiger partial charge >= 0.3 is 11.9 Å². The van der Waals surface area contributed by atoms with E-state index in [9.17, 15) is 30.0 Å². The number of aliphatic hydroxyl groups excluding tert-OH is 4. The average molecular weight is 831 g/mol. The van der Waals surface area contributed by atoms with Crippen molar-refractivity contribution in [1.29, 1.82) is 0 Å². The molecule has 1 aliphatic heterocycles. The topological polar surface area (TPSA) is 152 Å². The van der Waals surface area contributed by atoms with Crippen LogP contribution in [0.25, 0.3) is 0 Å². The van der Waals surface area contributed by atoms with Crippen LogP contribution in [0.5, 0.6) is 0 Å². The number of rotatable bonds is 37. The fourth-order valence-corrected chi connectivity index (χ4v) is 6.40. The van der Waals surface area contributed by atoms with Crippen LogP contribution in [-0.2, 0) is 28.5 Å². The molecule has 4 N–H and O–H groups in total. The normalized spacial score (nSPS) is 20.7. The molecule has 0 bridgehead atoms. The molecule has 0 aliphatic carbocycles. The van der Waals surface area contributed by atoms with Crippen molar-refractivity contribution in [2.24, 2.45) is 0 Å². The Kier molecular flexibility index (Phi) is 36.1. The van der Waals surface area contributed by atoms with Gasteiger partial charge in [0.2, 0.25) is 0 Å². The lowest BCUT2D eigenvalue weighted by Gasteiger charge is -2.39. The molecule has 10 nitrogen and oxygen atoms in total. The third kappa shape index (κ3) is 30.8. The first kappa shape index (κ1) is 54.2. The zero-order chi connectivity index (χ0) is 43.0. The summed E-state index contributed by atoms with van der Waals surface area (Å²) in [7, 11) is 0. The monoisotopic (exact) mass is 831 g/mol. The molecule has 1 rings (SSSR count). The Morgan fingerprint density at radius 3 is 1.58 bits per heavy atom. The van der Waals surface area contributed by atoms with Gasteiger partial charge in [0.15, 0.2) is 12.4 Å². The first-order valence-corrected chi connectivity index (χ1v) is 23.0. The van der Waals surface area contributed by atoms with Gasteiger partial charge < -0.3 is 39.4 Å². The van der Waals surface area contributed by atoms with Crippen LogP contribution in [0.1, 0.15) is 168 Å². The summed E-state index contributed by atoms with van der Waals surface area (Å²) in [5.41, 5.74) is 0. The SMILES string of the molecule is CCCCC/C=C/C/C=C/C/C=C/C/C=C/CCCCCC(=O)OC[C@@H](CO[C@H]1O[C@@H](CO)[C@@H](O)C(O)C1O)OC(=O)CCCCCCC/C=C/C=C/CCCCCC. The minimum atomic E-state index is -1.61. The number of carbonyl (C=O) groups is 2. The Morgan fingerprint density at radius 1 is 0.542 bits per heavy atom. The lowest BCUT2D eigenvalue weighted by molar-refractivity contribution is -0.305. The molecule has 10 heteroatoms. The van der Waals surface area contributed by atoms with Crippen LogP contribution in [0.4, 0.5) is 0 Å². The van der Waals surface area contributed by atoms with Gasteiger partial charge in [0.25, 0.3) is 0 Å². The van der Waals surface area contributed by atoms with Crippen LogP contribution in [0.2, 0.25) is 0 Å². The van der Waals surface area contributed by atoms with E-state index in [0.29, 0.717) is 12.8 Å². The first-order chi connectivity index (χ1) is 28.8. The zero-order valence-electron chi connectivity index (χ0n) is 36.7. The Balaban J connectivity index is 2.37. The first-order valence-electron chi connectivity index (χ1n) is 23.0. The van der Waals surface area contributed by atoms with Crippen molar-refractivity contribution in [3.8, 4) is 0 Å². The molecule has 1 aliphatic rings. The second-order valence-corrected chi connectivity index (χ2v) is 15.5. The summed E-state index contributed by atoms with van der Waals surface area (Å²) in [6, 6.07) is 0. The van der Waals surface area contributed by atoms with E-state index in [1.54, 1.807) is 0 Å². The van der Waals surface area contributed by atoms with Crippen LogP contribution in [0, 0.1) is 0 Å². The molecule has 0 saturated carbocycles. The second-order valence-electron chi connectivity index (χ2n) is 15.5. The largest absolute Gasteiger partial charge is 0.462 e. The highest BCUT2D eigenvalue weighted by Crippen LogP contribution is 2.22. The minimum absolute atomic E-state index is 0.201. The predicted octanol–water partition coefficient (Wildman–Crippen LogP) is 10.00. The summed E-state index contributed by atoms with van der Waals surface area (Å²) in [5, 5.41) is 40.1. The molecule has 0 amide bonds. The number of esters is 2. The Labute approximate surface area is 357 Å². The molecular weight excluding hydrogens is 749 g/mol. The van der Waals surface area contributed by atoms with E-state index in [-0.39, 0.29) is 26.1 Å². The molecule has 0 aromatic heterocycles. The molecule has 59 heavy (non-hydrogen) atoms. The van der Waals surface area contributed by atoms with Gasteiger partial charge in [-0.05, 0) is 83.5 Å². The maximum Gasteiger partial charge on any atom is 0.306 e. The molecule has 0 aromatic carbocycles. The zero-order valence-corrected chi connectivity index (χ0v) is 36.7. The molecule has 6 atom stereocenters. The van der Waals surface area contributed by atoms with Gasteiger partial charge in [0.05, 0.1) is 13.2 Å². The van der Waals surface area contributed by atoms with Crippen molar-refractivity contribution < 1.29 is 49.0 Å². The van der Waals surface area contributed by atoms with Crippen LogP contribution in [0.15, 0.2) is 72.9 Å². The average Bonchev–Trinajstić information content (AvgIpc) is 3.23. The van der Waals surface area contributed by atoms with Crippen molar-refractivity contribution in [3.05, 3.63) is 72.9 Å². The second kappa shape index (κ2) is 39.3. The Morgan fingerprint density at radius 2 is 1.00 bits per heavy atom. The molecular formula is C49H82O10. The number of carbonyl (C=O) groups excluding carboxylic acids is 2. The van der Waals surface area contributed by atoms with Crippen molar-refractivity contribution in [2.75, 3.05) is 19.8 Å². The summed E-state index contributed by atoms with van der Waals surface area (Å²) in [5.74, 6) is -0.866. The highest BCUT2D eigenvalue weighted by molar-refractivity contribution is 5.70. The summed E-state index contributed by atoms with van der Waals surface area (Å²) in [6.07, 6.45) is 41.8. The summed E-state index contributed by atoms with van der Waals surface area (Å²) in [4.78, 5) is 25.3. The number of ether oxygens (including phenoxy) is 4. The lowest BCUT2D eigenvalue weighted by Crippen LogP contribution is -2.59. The van der Waals surface area contributed by atoms with Crippen LogP contribution < -0.4 is 0 Å². The number of aliphatic hydroxyl groups is 4. The predicted molar refractivity (Wildman–Crippen MR) is 238 cm³/mol. The summed E-state index contributed by atoms with van der Waals surface area (Å²) >= 11 is 0. The molecule has 2 unspecified atom stereocenters. The number of allylic oxidation sites excluding steroid dienone is 12. The van der Waals surface area contributed by atoms with Crippen molar-refractivity contribution in [1.82, 2.24) is 0 Å². The van der Waals surface area contributed by atoms with E-state index in [0.717, 1.165) is 77.0 Å². The number of unbranched alkanes of at least 4 members (excludes halogenated alkanes) is 15. The van der Waals surface area contributed by atoms with E-state index in [2.05, 4.69) is 86.8 Å². The quantitative estimate of drug-likeness (QED) is 0.0206. The van der Waals surface area contributed by atoms with E-state index in [1.807, 2.05) is 0 Å². The summed E-state index contributed by atoms with van der Waals surface area (Å²) in [6.45, 7) is 3.31. The lowest BCUT2D eigenvalue weighted by atomic mass is 9.99. The van der Waals surface area contributed by atoms with E-state index < -0.39 is 55.4 Å². The highest BCUT2D eigenvalue weighted by atomic mass is 16.7. The standard InChI is InChI=1S/C49H82O10/c1-3-5-7-9-11-13-15-17-19-20-21-22-24-25-27-29-31-33-35-37-44(51)56-40-42(41-57-49-48(55)47(54)46(53)43(39-50)59-49)58-45(52)38-36-34-32-30-28-26-23-18-16-14-12-10-8-6-4-2/h11,13-14,16-19,21-23,25,27,42-43,46-50,53-55H,3-10,12,15,20,24,26,28-41H2,1-2H3/b13-11+,16-14+,19-17+,22-21+,23-18+,27-25+/t42-,43-,46+,47?,48?,49-/m0/s1. The van der Waals surface area contributed by atoms with Gasteiger partial charge in [0, 0.05) is 12.8 Å². The van der Waals surface area contributed by atoms with E-state index >= 15 is 0 Å². The minimum Gasteiger partial charge on any atom is -0.462 e. The van der Waals surface area contributed by atoms with Crippen molar-refractivity contribution >= 4 is 11.9 Å². The van der Waals surface area contributed by atoms with E-state index in [1.165, 1.54) is 51.4 Å². The number of hydrogen-bond donors (Lipinski definition) is 4. The van der Waals surface area contributed by atoms with Gasteiger partial charge in [-0.25, -0.2) is 0 Å². The molecule has 338 valence electrons. The smallest absolute Gasteiger partial charge is 0.306 e. The Bertz CT molecular complexity index is 1190. The molecule has 0 spiro atoms. The van der Waals surface area contributed by atoms with Crippen LogP contribution in [0.3, 0.4) is 0 Å².